The van der Waals surface area contributed by atoms with Crippen LogP contribution in [0.3, 0.4) is 0 Å². The second-order valence-electron chi connectivity index (χ2n) is 5.50. The van der Waals surface area contributed by atoms with Crippen LogP contribution < -0.4 is 15.7 Å². The number of amides is 1. The van der Waals surface area contributed by atoms with E-state index in [2.05, 4.69) is 22.4 Å². The minimum atomic E-state index is -0.412. The van der Waals surface area contributed by atoms with E-state index in [-0.39, 0.29) is 11.6 Å². The lowest BCUT2D eigenvalue weighted by Gasteiger charge is -2.14. The van der Waals surface area contributed by atoms with Gasteiger partial charge in [0.2, 0.25) is 5.91 Å². The number of carbonyl (C=O) groups is 1. The summed E-state index contributed by atoms with van der Waals surface area (Å²) in [6.07, 6.45) is 1.86. The fourth-order valence-corrected chi connectivity index (χ4v) is 3.09. The van der Waals surface area contributed by atoms with E-state index in [9.17, 15) is 9.59 Å². The second-order valence-corrected chi connectivity index (χ2v) is 6.80. The molecule has 0 bridgehead atoms. The number of hydrogen-bond acceptors (Lipinski definition) is 5. The zero-order chi connectivity index (χ0) is 18.2. The third kappa shape index (κ3) is 5.12. The van der Waals surface area contributed by atoms with E-state index in [0.717, 1.165) is 12.8 Å². The Labute approximate surface area is 151 Å². The topological polar surface area (TPSA) is 89.0 Å². The third-order valence-corrected chi connectivity index (χ3v) is 4.64. The number of aromatic nitrogens is 3. The quantitative estimate of drug-likeness (QED) is 0.668. The van der Waals surface area contributed by atoms with Gasteiger partial charge in [0, 0.05) is 6.54 Å². The van der Waals surface area contributed by atoms with Crippen molar-refractivity contribution in [1.82, 2.24) is 14.8 Å². The maximum absolute atomic E-state index is 12.5. The smallest absolute Gasteiger partial charge is 0.343 e. The summed E-state index contributed by atoms with van der Waals surface area (Å²) in [6, 6.07) is 7.31. The number of hydrogen-bond donors (Lipinski definition) is 2. The summed E-state index contributed by atoms with van der Waals surface area (Å²) < 4.78 is 7.09. The maximum atomic E-state index is 12.5. The van der Waals surface area contributed by atoms with Gasteiger partial charge >= 0.3 is 5.69 Å². The SMILES string of the molecule is CCCCn1c(SC(C)C(=O)Nc2ccccc2OCC)n[nH]c1=O. The van der Waals surface area contributed by atoms with E-state index in [0.29, 0.717) is 29.7 Å². The van der Waals surface area contributed by atoms with E-state index in [4.69, 9.17) is 4.74 Å². The maximum Gasteiger partial charge on any atom is 0.343 e. The number of H-pyrrole nitrogens is 1. The number of aromatic amines is 1. The first-order valence-corrected chi connectivity index (χ1v) is 9.29. The number of para-hydroxylation sites is 2. The van der Waals surface area contributed by atoms with E-state index >= 15 is 0 Å². The number of unbranched alkanes of at least 4 members (excludes halogenated alkanes) is 1. The van der Waals surface area contributed by atoms with Crippen LogP contribution in [0.1, 0.15) is 33.6 Å². The highest BCUT2D eigenvalue weighted by atomic mass is 32.2. The van der Waals surface area contributed by atoms with Gasteiger partial charge in [-0.05, 0) is 32.4 Å². The van der Waals surface area contributed by atoms with Gasteiger partial charge in [-0.2, -0.15) is 0 Å². The highest BCUT2D eigenvalue weighted by Crippen LogP contribution is 2.26. The number of nitrogens with zero attached hydrogens (tertiary/aromatic N) is 2. The van der Waals surface area contributed by atoms with E-state index < -0.39 is 5.25 Å². The second kappa shape index (κ2) is 9.31. The van der Waals surface area contributed by atoms with Gasteiger partial charge in [0.05, 0.1) is 17.5 Å². The molecule has 1 unspecified atom stereocenters. The van der Waals surface area contributed by atoms with Crippen molar-refractivity contribution in [2.24, 2.45) is 0 Å². The molecule has 2 rings (SSSR count). The van der Waals surface area contributed by atoms with Crippen LogP contribution in [0, 0.1) is 0 Å². The van der Waals surface area contributed by atoms with Crippen molar-refractivity contribution in [3.63, 3.8) is 0 Å². The van der Waals surface area contributed by atoms with Gasteiger partial charge in [-0.15, -0.1) is 5.10 Å². The van der Waals surface area contributed by atoms with Gasteiger partial charge < -0.3 is 10.1 Å². The van der Waals surface area contributed by atoms with Crippen molar-refractivity contribution in [2.75, 3.05) is 11.9 Å². The molecule has 0 aliphatic rings. The van der Waals surface area contributed by atoms with E-state index in [1.54, 1.807) is 17.6 Å². The zero-order valence-electron chi connectivity index (χ0n) is 14.7. The molecule has 8 heteroatoms. The molecule has 0 saturated carbocycles. The minimum absolute atomic E-state index is 0.172. The number of nitrogens with one attached hydrogen (secondary N) is 2. The van der Waals surface area contributed by atoms with Crippen LogP contribution in [-0.2, 0) is 11.3 Å². The molecule has 2 aromatic rings. The predicted molar refractivity (Wildman–Crippen MR) is 99.3 cm³/mol. The third-order valence-electron chi connectivity index (χ3n) is 3.55. The summed E-state index contributed by atoms with van der Waals surface area (Å²) >= 11 is 1.26. The molecule has 0 saturated heterocycles. The monoisotopic (exact) mass is 364 g/mol. The highest BCUT2D eigenvalue weighted by molar-refractivity contribution is 8.00. The molecule has 2 N–H and O–H groups in total. The van der Waals surface area contributed by atoms with Crippen LogP contribution in [0.25, 0.3) is 0 Å². The molecule has 1 heterocycles. The Hall–Kier alpha value is -2.22. The van der Waals surface area contributed by atoms with Crippen LogP contribution in [0.4, 0.5) is 5.69 Å². The van der Waals surface area contributed by atoms with Gasteiger partial charge in [-0.3, -0.25) is 9.36 Å². The molecular formula is C17H24N4O3S. The van der Waals surface area contributed by atoms with Crippen molar-refractivity contribution in [2.45, 2.75) is 50.6 Å². The molecule has 136 valence electrons. The molecule has 1 amide bonds. The molecule has 0 aliphatic heterocycles. The Balaban J connectivity index is 2.05. The van der Waals surface area contributed by atoms with Crippen LogP contribution in [0.5, 0.6) is 5.75 Å². The van der Waals surface area contributed by atoms with Crippen LogP contribution >= 0.6 is 11.8 Å². The fourth-order valence-electron chi connectivity index (χ4n) is 2.20. The molecule has 1 aromatic heterocycles. The van der Waals surface area contributed by atoms with E-state index in [1.807, 2.05) is 25.1 Å². The van der Waals surface area contributed by atoms with Crippen molar-refractivity contribution < 1.29 is 9.53 Å². The molecule has 7 nitrogen and oxygen atoms in total. The molecule has 0 radical (unpaired) electrons. The first kappa shape index (κ1) is 19.1. The number of thioether (sulfide) groups is 1. The summed E-state index contributed by atoms with van der Waals surface area (Å²) in [7, 11) is 0. The van der Waals surface area contributed by atoms with Gasteiger partial charge in [-0.25, -0.2) is 9.89 Å². The van der Waals surface area contributed by atoms with Gasteiger partial charge in [0.15, 0.2) is 5.16 Å². The molecule has 0 spiro atoms. The summed E-state index contributed by atoms with van der Waals surface area (Å²) in [5.41, 5.74) is 0.387. The zero-order valence-corrected chi connectivity index (χ0v) is 15.6. The average Bonchev–Trinajstić information content (AvgIpc) is 2.94. The summed E-state index contributed by atoms with van der Waals surface area (Å²) in [5.74, 6) is 0.463. The Morgan fingerprint density at radius 3 is 2.88 bits per heavy atom. The van der Waals surface area contributed by atoms with E-state index in [1.165, 1.54) is 11.8 Å². The average molecular weight is 364 g/mol. The van der Waals surface area contributed by atoms with Gasteiger partial charge in [-0.1, -0.05) is 37.2 Å². The molecular weight excluding hydrogens is 340 g/mol. The molecule has 0 aliphatic carbocycles. The first-order valence-electron chi connectivity index (χ1n) is 8.41. The van der Waals surface area contributed by atoms with Crippen LogP contribution in [0.2, 0.25) is 0 Å². The molecule has 0 fully saturated rings. The van der Waals surface area contributed by atoms with Crippen molar-refractivity contribution in [1.29, 1.82) is 0 Å². The Bertz CT molecular complexity index is 756. The van der Waals surface area contributed by atoms with Crippen LogP contribution in [0.15, 0.2) is 34.2 Å². The number of rotatable bonds is 9. The number of carbonyl (C=O) groups excluding carboxylic acids is 1. The number of benzene rings is 1. The van der Waals surface area contributed by atoms with Gasteiger partial charge in [0.25, 0.3) is 0 Å². The van der Waals surface area contributed by atoms with Crippen molar-refractivity contribution in [3.05, 3.63) is 34.7 Å². The normalized spacial score (nSPS) is 12.0. The fraction of sp³-hybridized carbons (Fsp3) is 0.471. The predicted octanol–water partition coefficient (Wildman–Crippen LogP) is 2.89. The summed E-state index contributed by atoms with van der Waals surface area (Å²) in [4.78, 5) is 24.3. The van der Waals surface area contributed by atoms with Crippen LogP contribution in [-0.4, -0.2) is 32.5 Å². The van der Waals surface area contributed by atoms with Gasteiger partial charge in [0.1, 0.15) is 5.75 Å². The first-order chi connectivity index (χ1) is 12.1. The molecule has 25 heavy (non-hydrogen) atoms. The Morgan fingerprint density at radius 1 is 1.40 bits per heavy atom. The highest BCUT2D eigenvalue weighted by Gasteiger charge is 2.20. The minimum Gasteiger partial charge on any atom is -0.492 e. The number of ether oxygens (including phenoxy) is 1. The van der Waals surface area contributed by atoms with Crippen molar-refractivity contribution in [3.8, 4) is 5.75 Å². The summed E-state index contributed by atoms with van der Waals surface area (Å²) in [6.45, 7) is 6.85. The largest absolute Gasteiger partial charge is 0.492 e. The lowest BCUT2D eigenvalue weighted by molar-refractivity contribution is -0.115. The Kier molecular flexibility index (Phi) is 7.12. The van der Waals surface area contributed by atoms with Crippen molar-refractivity contribution >= 4 is 23.4 Å². The molecule has 1 atom stereocenters. The lowest BCUT2D eigenvalue weighted by Crippen LogP contribution is -2.24. The summed E-state index contributed by atoms with van der Waals surface area (Å²) in [5, 5.41) is 9.47. The standard InChI is InChI=1S/C17H24N4O3S/c1-4-6-11-21-16(23)19-20-17(21)25-12(3)15(22)18-13-9-7-8-10-14(13)24-5-2/h7-10,12H,4-6,11H2,1-3H3,(H,18,22)(H,19,23). The lowest BCUT2D eigenvalue weighted by atomic mass is 10.3. The Morgan fingerprint density at radius 2 is 2.16 bits per heavy atom. The molecule has 1 aromatic carbocycles. The number of anilines is 1.